The van der Waals surface area contributed by atoms with E-state index in [1.807, 2.05) is 47.9 Å². The molecule has 5 heteroatoms. The molecule has 5 nitrogen and oxygen atoms in total. The molecule has 0 saturated heterocycles. The van der Waals surface area contributed by atoms with E-state index in [0.717, 1.165) is 22.7 Å². The van der Waals surface area contributed by atoms with Gasteiger partial charge in [-0.15, -0.1) is 0 Å². The molecule has 0 aliphatic rings. The van der Waals surface area contributed by atoms with Crippen LogP contribution < -0.4 is 10.5 Å². The fourth-order valence-electron chi connectivity index (χ4n) is 2.21. The van der Waals surface area contributed by atoms with Gasteiger partial charge in [0.2, 0.25) is 5.88 Å². The smallest absolute Gasteiger partial charge is 0.215 e. The highest BCUT2D eigenvalue weighted by Crippen LogP contribution is 2.24. The number of methoxy groups -OCH3 is 1. The van der Waals surface area contributed by atoms with Gasteiger partial charge >= 0.3 is 0 Å². The Hall–Kier alpha value is -2.40. The number of imidazole rings is 1. The summed E-state index contributed by atoms with van der Waals surface area (Å²) in [5, 5.41) is 0. The molecule has 1 unspecified atom stereocenters. The Balaban J connectivity index is 2.33. The van der Waals surface area contributed by atoms with E-state index in [1.54, 1.807) is 13.2 Å². The standard InChI is InChI=1S/C15H16N4O/c1-10(16)14-17-12-8-9-13(20-2)18-15(12)19(14)11-6-4-3-5-7-11/h3-10H,16H2,1-2H3. The zero-order valence-electron chi connectivity index (χ0n) is 11.4. The lowest BCUT2D eigenvalue weighted by Crippen LogP contribution is -2.12. The molecule has 0 aliphatic heterocycles. The number of fused-ring (bicyclic) bond motifs is 1. The Morgan fingerprint density at radius 1 is 1.10 bits per heavy atom. The summed E-state index contributed by atoms with van der Waals surface area (Å²) in [7, 11) is 1.60. The minimum atomic E-state index is -0.185. The van der Waals surface area contributed by atoms with Crippen LogP contribution in [0.15, 0.2) is 42.5 Å². The number of nitrogens with two attached hydrogens (primary N) is 1. The summed E-state index contributed by atoms with van der Waals surface area (Å²) in [4.78, 5) is 9.08. The molecule has 20 heavy (non-hydrogen) atoms. The van der Waals surface area contributed by atoms with Gasteiger partial charge < -0.3 is 10.5 Å². The molecule has 0 bridgehead atoms. The topological polar surface area (TPSA) is 66.0 Å². The van der Waals surface area contributed by atoms with Crippen LogP contribution in [-0.2, 0) is 0 Å². The maximum Gasteiger partial charge on any atom is 0.215 e. The number of hydrogen-bond acceptors (Lipinski definition) is 4. The molecule has 1 aromatic carbocycles. The molecule has 102 valence electrons. The van der Waals surface area contributed by atoms with Crippen LogP contribution in [0.1, 0.15) is 18.8 Å². The van der Waals surface area contributed by atoms with Crippen molar-refractivity contribution >= 4 is 11.2 Å². The highest BCUT2D eigenvalue weighted by atomic mass is 16.5. The predicted octanol–water partition coefficient (Wildman–Crippen LogP) is 2.45. The Bertz CT molecular complexity index is 734. The van der Waals surface area contributed by atoms with Gasteiger partial charge in [-0.1, -0.05) is 18.2 Å². The normalized spacial score (nSPS) is 12.6. The van der Waals surface area contributed by atoms with Crippen LogP contribution >= 0.6 is 0 Å². The maximum absolute atomic E-state index is 6.04. The first-order valence-corrected chi connectivity index (χ1v) is 6.45. The Morgan fingerprint density at radius 3 is 2.50 bits per heavy atom. The fraction of sp³-hybridized carbons (Fsp3) is 0.200. The van der Waals surface area contributed by atoms with E-state index in [2.05, 4.69) is 9.97 Å². The SMILES string of the molecule is COc1ccc2nc(C(C)N)n(-c3ccccc3)c2n1. The van der Waals surface area contributed by atoms with E-state index in [9.17, 15) is 0 Å². The van der Waals surface area contributed by atoms with Crippen molar-refractivity contribution in [3.05, 3.63) is 48.3 Å². The predicted molar refractivity (Wildman–Crippen MR) is 78.0 cm³/mol. The average molecular weight is 268 g/mol. The van der Waals surface area contributed by atoms with Crippen molar-refractivity contribution in [2.45, 2.75) is 13.0 Å². The molecule has 0 radical (unpaired) electrons. The number of benzene rings is 1. The van der Waals surface area contributed by atoms with Crippen LogP contribution in [0, 0.1) is 0 Å². The lowest BCUT2D eigenvalue weighted by atomic mass is 10.3. The first-order valence-electron chi connectivity index (χ1n) is 6.45. The number of rotatable bonds is 3. The van der Waals surface area contributed by atoms with Gasteiger partial charge in [0.15, 0.2) is 5.65 Å². The third kappa shape index (κ3) is 2.02. The second-order valence-electron chi connectivity index (χ2n) is 4.63. The van der Waals surface area contributed by atoms with Gasteiger partial charge in [-0.2, -0.15) is 4.98 Å². The summed E-state index contributed by atoms with van der Waals surface area (Å²) in [6, 6.07) is 13.5. The molecular weight excluding hydrogens is 252 g/mol. The van der Waals surface area contributed by atoms with Crippen LogP contribution in [0.4, 0.5) is 0 Å². The number of hydrogen-bond donors (Lipinski definition) is 1. The zero-order valence-corrected chi connectivity index (χ0v) is 11.4. The Morgan fingerprint density at radius 2 is 1.85 bits per heavy atom. The van der Waals surface area contributed by atoms with Gasteiger partial charge in [0.1, 0.15) is 11.3 Å². The molecule has 0 saturated carbocycles. The minimum Gasteiger partial charge on any atom is -0.481 e. The first kappa shape index (κ1) is 12.6. The Kier molecular flexibility index (Phi) is 3.12. The van der Waals surface area contributed by atoms with Crippen molar-refractivity contribution in [3.8, 4) is 11.6 Å². The van der Waals surface area contributed by atoms with E-state index in [4.69, 9.17) is 10.5 Å². The Labute approximate surface area is 117 Å². The van der Waals surface area contributed by atoms with E-state index in [-0.39, 0.29) is 6.04 Å². The van der Waals surface area contributed by atoms with Crippen molar-refractivity contribution in [2.24, 2.45) is 5.73 Å². The molecule has 0 spiro atoms. The van der Waals surface area contributed by atoms with E-state index < -0.39 is 0 Å². The molecule has 0 fully saturated rings. The highest BCUT2D eigenvalue weighted by Gasteiger charge is 2.16. The second kappa shape index (κ2) is 4.94. The van der Waals surface area contributed by atoms with Crippen LogP contribution in [0.5, 0.6) is 5.88 Å². The van der Waals surface area contributed by atoms with Crippen molar-refractivity contribution < 1.29 is 4.74 Å². The van der Waals surface area contributed by atoms with Gasteiger partial charge in [0.05, 0.1) is 13.2 Å². The summed E-state index contributed by atoms with van der Waals surface area (Å²) >= 11 is 0. The molecule has 2 N–H and O–H groups in total. The third-order valence-electron chi connectivity index (χ3n) is 3.14. The van der Waals surface area contributed by atoms with Gasteiger partial charge in [-0.3, -0.25) is 4.57 Å². The summed E-state index contributed by atoms with van der Waals surface area (Å²) < 4.78 is 7.17. The lowest BCUT2D eigenvalue weighted by Gasteiger charge is -2.10. The van der Waals surface area contributed by atoms with Gasteiger partial charge in [-0.25, -0.2) is 4.98 Å². The van der Waals surface area contributed by atoms with Crippen molar-refractivity contribution in [3.63, 3.8) is 0 Å². The van der Waals surface area contributed by atoms with Gasteiger partial charge in [0.25, 0.3) is 0 Å². The fourth-order valence-corrected chi connectivity index (χ4v) is 2.21. The number of aromatic nitrogens is 3. The van der Waals surface area contributed by atoms with Crippen LogP contribution in [0.3, 0.4) is 0 Å². The van der Waals surface area contributed by atoms with Gasteiger partial charge in [-0.05, 0) is 25.1 Å². The largest absolute Gasteiger partial charge is 0.481 e. The van der Waals surface area contributed by atoms with Crippen LogP contribution in [0.25, 0.3) is 16.9 Å². The van der Waals surface area contributed by atoms with Crippen molar-refractivity contribution in [2.75, 3.05) is 7.11 Å². The maximum atomic E-state index is 6.04. The van der Waals surface area contributed by atoms with Crippen molar-refractivity contribution in [1.29, 1.82) is 0 Å². The molecule has 3 aromatic rings. The van der Waals surface area contributed by atoms with E-state index in [1.165, 1.54) is 0 Å². The second-order valence-corrected chi connectivity index (χ2v) is 4.63. The number of nitrogens with zero attached hydrogens (tertiary/aromatic N) is 3. The number of pyridine rings is 1. The van der Waals surface area contributed by atoms with Gasteiger partial charge in [0, 0.05) is 11.8 Å². The summed E-state index contributed by atoms with van der Waals surface area (Å²) in [5.74, 6) is 1.35. The number of para-hydroxylation sites is 1. The third-order valence-corrected chi connectivity index (χ3v) is 3.14. The molecule has 0 aliphatic carbocycles. The monoisotopic (exact) mass is 268 g/mol. The van der Waals surface area contributed by atoms with E-state index >= 15 is 0 Å². The molecule has 2 aromatic heterocycles. The van der Waals surface area contributed by atoms with Crippen molar-refractivity contribution in [1.82, 2.24) is 14.5 Å². The first-order chi connectivity index (χ1) is 9.70. The minimum absolute atomic E-state index is 0.185. The molecule has 3 rings (SSSR count). The lowest BCUT2D eigenvalue weighted by molar-refractivity contribution is 0.399. The molecule has 1 atom stereocenters. The zero-order chi connectivity index (χ0) is 14.1. The quantitative estimate of drug-likeness (QED) is 0.792. The number of ether oxygens (including phenoxy) is 1. The summed E-state index contributed by atoms with van der Waals surface area (Å²) in [6.07, 6.45) is 0. The molecular formula is C15H16N4O. The van der Waals surface area contributed by atoms with E-state index in [0.29, 0.717) is 5.88 Å². The summed E-state index contributed by atoms with van der Waals surface area (Å²) in [5.41, 5.74) is 8.59. The molecule has 0 amide bonds. The van der Waals surface area contributed by atoms with Crippen LogP contribution in [-0.4, -0.2) is 21.6 Å². The average Bonchev–Trinajstić information content (AvgIpc) is 2.86. The van der Waals surface area contributed by atoms with Crippen LogP contribution in [0.2, 0.25) is 0 Å². The highest BCUT2D eigenvalue weighted by molar-refractivity contribution is 5.75. The molecule has 2 heterocycles. The summed E-state index contributed by atoms with van der Waals surface area (Å²) in [6.45, 7) is 1.91.